The van der Waals surface area contributed by atoms with Crippen LogP contribution in [0.3, 0.4) is 0 Å². The van der Waals surface area contributed by atoms with Gasteiger partial charge in [0.2, 0.25) is 0 Å². The average molecular weight is 450 g/mol. The van der Waals surface area contributed by atoms with Crippen molar-refractivity contribution >= 4 is 31.1 Å². The number of hydrogen-bond acceptors (Lipinski definition) is 7. The molecule has 0 bridgehead atoms. The fraction of sp³-hybridized carbons (Fsp3) is 0.267. The third-order valence-corrected chi connectivity index (χ3v) is 6.55. The highest BCUT2D eigenvalue weighted by atomic mass is 32.2. The number of sulfone groups is 1. The lowest BCUT2D eigenvalue weighted by atomic mass is 10.1. The highest BCUT2D eigenvalue weighted by molar-refractivity contribution is 7.92. The van der Waals surface area contributed by atoms with Crippen LogP contribution in [-0.2, 0) is 33.4 Å². The van der Waals surface area contributed by atoms with Gasteiger partial charge in [-0.15, -0.1) is 0 Å². The molecule has 9 nitrogen and oxygen atoms in total. The van der Waals surface area contributed by atoms with E-state index in [1.54, 1.807) is 6.92 Å². The Labute approximate surface area is 162 Å². The predicted octanol–water partition coefficient (Wildman–Crippen LogP) is 2.13. The van der Waals surface area contributed by atoms with Crippen LogP contribution in [0.1, 0.15) is 12.5 Å². The van der Waals surface area contributed by atoms with Gasteiger partial charge in [0.05, 0.1) is 4.90 Å². The molecule has 0 amide bonds. The fourth-order valence-corrected chi connectivity index (χ4v) is 4.31. The van der Waals surface area contributed by atoms with Crippen molar-refractivity contribution in [3.8, 4) is 11.5 Å². The van der Waals surface area contributed by atoms with E-state index in [-0.39, 0.29) is 39.6 Å². The molecule has 0 aliphatic heterocycles. The molecule has 0 atom stereocenters. The second-order valence-electron chi connectivity index (χ2n) is 5.92. The van der Waals surface area contributed by atoms with Gasteiger partial charge in [0, 0.05) is 25.0 Å². The molecule has 0 aliphatic rings. The predicted molar refractivity (Wildman–Crippen MR) is 94.2 cm³/mol. The first kappa shape index (κ1) is 21.1. The molecule has 0 unspecified atom stereocenters. The van der Waals surface area contributed by atoms with Crippen molar-refractivity contribution in [3.05, 3.63) is 30.1 Å². The number of halogens is 3. The highest BCUT2D eigenvalue weighted by Crippen LogP contribution is 2.33. The standard InChI is InChI=1S/C15H13F3N4O5S2/c1-3-9-11(29(25,26)27)4-5-19-12(9)14-21-10-6-8(7-20-13(10)22(14)2)28(23,24)15(16,17)18/h4-7H,3H2,1-2H3,(H,25,26,27). The summed E-state index contributed by atoms with van der Waals surface area (Å²) >= 11 is 0. The summed E-state index contributed by atoms with van der Waals surface area (Å²) in [5, 5.41) is 0. The van der Waals surface area contributed by atoms with Crippen LogP contribution in [0.2, 0.25) is 0 Å². The van der Waals surface area contributed by atoms with Crippen LogP contribution in [0.25, 0.3) is 22.7 Å². The van der Waals surface area contributed by atoms with E-state index in [0.29, 0.717) is 6.20 Å². The zero-order chi connectivity index (χ0) is 21.8. The first-order valence-corrected chi connectivity index (χ1v) is 10.8. The van der Waals surface area contributed by atoms with Crippen molar-refractivity contribution in [1.29, 1.82) is 0 Å². The van der Waals surface area contributed by atoms with Gasteiger partial charge in [-0.1, -0.05) is 6.92 Å². The molecular formula is C15H13F3N4O5S2. The number of pyridine rings is 2. The minimum absolute atomic E-state index is 0.0383. The first-order valence-electron chi connectivity index (χ1n) is 7.88. The Morgan fingerprint density at radius 2 is 1.83 bits per heavy atom. The number of aryl methyl sites for hydroxylation is 1. The smallest absolute Gasteiger partial charge is 0.311 e. The molecule has 156 valence electrons. The summed E-state index contributed by atoms with van der Waals surface area (Å²) in [6, 6.07) is 1.83. The van der Waals surface area contributed by atoms with Crippen LogP contribution >= 0.6 is 0 Å². The van der Waals surface area contributed by atoms with E-state index in [1.165, 1.54) is 11.6 Å². The van der Waals surface area contributed by atoms with Crippen molar-refractivity contribution in [3.63, 3.8) is 0 Å². The molecule has 3 heterocycles. The number of imidazole rings is 1. The molecule has 0 radical (unpaired) electrons. The lowest BCUT2D eigenvalue weighted by Crippen LogP contribution is -2.23. The van der Waals surface area contributed by atoms with Crippen molar-refractivity contribution in [2.24, 2.45) is 7.05 Å². The van der Waals surface area contributed by atoms with Gasteiger partial charge in [-0.05, 0) is 18.6 Å². The molecule has 1 N–H and O–H groups in total. The van der Waals surface area contributed by atoms with Crippen LogP contribution in [0, 0.1) is 0 Å². The topological polar surface area (TPSA) is 132 Å². The fourth-order valence-electron chi connectivity index (χ4n) is 2.80. The normalized spacial score (nSPS) is 13.2. The molecule has 0 saturated carbocycles. The molecular weight excluding hydrogens is 437 g/mol. The van der Waals surface area contributed by atoms with Crippen LogP contribution in [0.5, 0.6) is 0 Å². The van der Waals surface area contributed by atoms with E-state index < -0.39 is 30.4 Å². The van der Waals surface area contributed by atoms with Crippen LogP contribution in [0.4, 0.5) is 13.2 Å². The third kappa shape index (κ3) is 3.47. The molecule has 3 aromatic heterocycles. The zero-order valence-corrected chi connectivity index (χ0v) is 16.5. The Hall–Kier alpha value is -2.58. The quantitative estimate of drug-likeness (QED) is 0.598. The summed E-state index contributed by atoms with van der Waals surface area (Å²) in [4.78, 5) is 10.5. The molecule has 0 saturated heterocycles. The highest BCUT2D eigenvalue weighted by Gasteiger charge is 2.47. The Balaban J connectivity index is 2.28. The van der Waals surface area contributed by atoms with Crippen LogP contribution in [-0.4, -0.2) is 46.4 Å². The van der Waals surface area contributed by atoms with Crippen LogP contribution < -0.4 is 0 Å². The summed E-state index contributed by atoms with van der Waals surface area (Å²) in [6.07, 6.45) is 1.84. The Morgan fingerprint density at radius 1 is 1.17 bits per heavy atom. The molecule has 0 aromatic carbocycles. The number of alkyl halides is 3. The largest absolute Gasteiger partial charge is 0.501 e. The number of aromatic nitrogens is 4. The molecule has 3 rings (SSSR count). The van der Waals surface area contributed by atoms with E-state index >= 15 is 0 Å². The Bertz CT molecular complexity index is 1330. The first-order chi connectivity index (χ1) is 13.3. The summed E-state index contributed by atoms with van der Waals surface area (Å²) in [7, 11) is -8.72. The van der Waals surface area contributed by atoms with Crippen molar-refractivity contribution in [2.75, 3.05) is 0 Å². The lowest BCUT2D eigenvalue weighted by molar-refractivity contribution is -0.0436. The SMILES string of the molecule is CCc1c(S(=O)(=O)O)ccnc1-c1nc2cc(S(=O)(=O)C(F)(F)F)cnc2n1C. The number of fused-ring (bicyclic) bond motifs is 1. The molecule has 0 fully saturated rings. The second-order valence-corrected chi connectivity index (χ2v) is 9.25. The number of nitrogens with zero attached hydrogens (tertiary/aromatic N) is 4. The van der Waals surface area contributed by atoms with Crippen LogP contribution in [0.15, 0.2) is 34.3 Å². The van der Waals surface area contributed by atoms with E-state index in [1.807, 2.05) is 0 Å². The van der Waals surface area contributed by atoms with Gasteiger partial charge in [-0.25, -0.2) is 18.4 Å². The van der Waals surface area contributed by atoms with Gasteiger partial charge in [-0.3, -0.25) is 9.54 Å². The minimum atomic E-state index is -5.61. The summed E-state index contributed by atoms with van der Waals surface area (Å²) in [6.45, 7) is 1.62. The van der Waals surface area contributed by atoms with Gasteiger partial charge in [0.25, 0.3) is 20.0 Å². The Morgan fingerprint density at radius 3 is 2.38 bits per heavy atom. The van der Waals surface area contributed by atoms with E-state index in [9.17, 15) is 34.6 Å². The molecule has 14 heteroatoms. The van der Waals surface area contributed by atoms with E-state index in [2.05, 4.69) is 15.0 Å². The lowest BCUT2D eigenvalue weighted by Gasteiger charge is -2.10. The van der Waals surface area contributed by atoms with Crippen molar-refractivity contribution < 1.29 is 34.6 Å². The van der Waals surface area contributed by atoms with Gasteiger partial charge in [0.15, 0.2) is 11.5 Å². The zero-order valence-electron chi connectivity index (χ0n) is 14.8. The van der Waals surface area contributed by atoms with Gasteiger partial charge in [0.1, 0.15) is 16.1 Å². The van der Waals surface area contributed by atoms with Crippen molar-refractivity contribution in [2.45, 2.75) is 28.6 Å². The third-order valence-electron chi connectivity index (χ3n) is 4.16. The second kappa shape index (κ2) is 6.74. The Kier molecular flexibility index (Phi) is 4.91. The number of rotatable bonds is 4. The summed E-state index contributed by atoms with van der Waals surface area (Å²) in [5.41, 5.74) is -5.41. The van der Waals surface area contributed by atoms with Gasteiger partial charge >= 0.3 is 5.51 Å². The minimum Gasteiger partial charge on any atom is -0.311 e. The van der Waals surface area contributed by atoms with Gasteiger partial charge in [-0.2, -0.15) is 21.6 Å². The molecule has 29 heavy (non-hydrogen) atoms. The molecule has 0 spiro atoms. The number of hydrogen-bond donors (Lipinski definition) is 1. The van der Waals surface area contributed by atoms with E-state index in [4.69, 9.17) is 0 Å². The molecule has 0 aliphatic carbocycles. The summed E-state index contributed by atoms with van der Waals surface area (Å²) < 4.78 is 95.6. The van der Waals surface area contributed by atoms with Gasteiger partial charge < -0.3 is 4.57 Å². The van der Waals surface area contributed by atoms with E-state index in [0.717, 1.165) is 18.3 Å². The molecule has 3 aromatic rings. The summed E-state index contributed by atoms with van der Waals surface area (Å²) in [5.74, 6) is 0.0383. The monoisotopic (exact) mass is 450 g/mol. The average Bonchev–Trinajstić information content (AvgIpc) is 2.95. The maximum atomic E-state index is 12.8. The maximum Gasteiger partial charge on any atom is 0.501 e. The maximum absolute atomic E-state index is 12.8. The van der Waals surface area contributed by atoms with Crippen molar-refractivity contribution in [1.82, 2.24) is 19.5 Å².